The van der Waals surface area contributed by atoms with Crippen LogP contribution in [0.5, 0.6) is 5.75 Å². The Kier molecular flexibility index (Phi) is 3.40. The molecule has 0 aromatic heterocycles. The number of carbonyl (C=O) groups excluding carboxylic acids is 1. The lowest BCUT2D eigenvalue weighted by Gasteiger charge is -2.06. The van der Waals surface area contributed by atoms with Crippen molar-refractivity contribution in [1.82, 2.24) is 0 Å². The molecule has 4 nitrogen and oxygen atoms in total. The molecule has 0 radical (unpaired) electrons. The third kappa shape index (κ3) is 2.82. The Morgan fingerprint density at radius 2 is 1.74 bits per heavy atom. The fourth-order valence-electron chi connectivity index (χ4n) is 1.73. The van der Waals surface area contributed by atoms with Gasteiger partial charge in [-0.25, -0.2) is 8.42 Å². The fourth-order valence-corrected chi connectivity index (χ4v) is 2.40. The minimum atomic E-state index is -3.28. The number of phenols is 1. The first-order chi connectivity index (χ1) is 8.91. The van der Waals surface area contributed by atoms with Crippen LogP contribution >= 0.6 is 0 Å². The molecule has 0 aliphatic carbocycles. The first kappa shape index (κ1) is 13.3. The summed E-state index contributed by atoms with van der Waals surface area (Å²) in [5.74, 6) is -0.0991. The largest absolute Gasteiger partial charge is 0.507 e. The lowest BCUT2D eigenvalue weighted by atomic mass is 10.0. The maximum absolute atomic E-state index is 11.5. The summed E-state index contributed by atoms with van der Waals surface area (Å²) >= 11 is 0. The van der Waals surface area contributed by atoms with Crippen molar-refractivity contribution in [3.05, 3.63) is 48.0 Å². The second-order valence-corrected chi connectivity index (χ2v) is 6.21. The molecule has 1 N–H and O–H groups in total. The van der Waals surface area contributed by atoms with E-state index in [1.165, 1.54) is 24.3 Å². The number of carbonyl (C=O) groups is 1. The van der Waals surface area contributed by atoms with Crippen molar-refractivity contribution in [1.29, 1.82) is 0 Å². The number of benzene rings is 2. The topological polar surface area (TPSA) is 71.4 Å². The van der Waals surface area contributed by atoms with Crippen LogP contribution in [-0.4, -0.2) is 26.1 Å². The molecule has 5 heteroatoms. The summed E-state index contributed by atoms with van der Waals surface area (Å²) < 4.78 is 23.0. The van der Waals surface area contributed by atoms with Crippen LogP contribution < -0.4 is 0 Å². The SMILES string of the molecule is CS(=O)(=O)c1cccc(-c2ccc(O)c(C=O)c2)c1. The molecule has 2 aromatic rings. The molecular weight excluding hydrogens is 264 g/mol. The fraction of sp³-hybridized carbons (Fsp3) is 0.0714. The van der Waals surface area contributed by atoms with Crippen molar-refractivity contribution >= 4 is 16.1 Å². The zero-order valence-corrected chi connectivity index (χ0v) is 11.0. The molecule has 0 saturated heterocycles. The number of sulfone groups is 1. The van der Waals surface area contributed by atoms with Gasteiger partial charge in [0.25, 0.3) is 0 Å². The maximum Gasteiger partial charge on any atom is 0.175 e. The van der Waals surface area contributed by atoms with Crippen LogP contribution in [0.4, 0.5) is 0 Å². The molecule has 0 bridgehead atoms. The summed E-state index contributed by atoms with van der Waals surface area (Å²) in [4.78, 5) is 11.0. The lowest BCUT2D eigenvalue weighted by molar-refractivity contribution is 0.112. The molecule has 19 heavy (non-hydrogen) atoms. The molecule has 0 saturated carbocycles. The first-order valence-electron chi connectivity index (χ1n) is 5.50. The summed E-state index contributed by atoms with van der Waals surface area (Å²) in [5, 5.41) is 9.44. The zero-order chi connectivity index (χ0) is 14.0. The molecule has 2 rings (SSSR count). The van der Waals surface area contributed by atoms with Crippen molar-refractivity contribution in [3.63, 3.8) is 0 Å². The number of phenolic OH excluding ortho intramolecular Hbond substituents is 1. The van der Waals surface area contributed by atoms with Crippen molar-refractivity contribution in [2.75, 3.05) is 6.26 Å². The predicted octanol–water partition coefficient (Wildman–Crippen LogP) is 2.28. The van der Waals surface area contributed by atoms with Crippen LogP contribution in [0.2, 0.25) is 0 Å². The van der Waals surface area contributed by atoms with Crippen molar-refractivity contribution < 1.29 is 18.3 Å². The zero-order valence-electron chi connectivity index (χ0n) is 10.2. The molecule has 0 atom stereocenters. The van der Waals surface area contributed by atoms with Crippen LogP contribution in [0.1, 0.15) is 10.4 Å². The van der Waals surface area contributed by atoms with E-state index in [-0.39, 0.29) is 16.2 Å². The van der Waals surface area contributed by atoms with Crippen molar-refractivity contribution in [2.24, 2.45) is 0 Å². The minimum Gasteiger partial charge on any atom is -0.507 e. The summed E-state index contributed by atoms with van der Waals surface area (Å²) in [7, 11) is -3.28. The standard InChI is InChI=1S/C14H12O4S/c1-19(17,18)13-4-2-3-10(8-13)11-5-6-14(16)12(7-11)9-15/h2-9,16H,1H3. The van der Waals surface area contributed by atoms with Gasteiger partial charge in [0.1, 0.15) is 5.75 Å². The third-order valence-electron chi connectivity index (χ3n) is 2.75. The normalized spacial score (nSPS) is 11.2. The van der Waals surface area contributed by atoms with Gasteiger partial charge < -0.3 is 5.11 Å². The van der Waals surface area contributed by atoms with Crippen LogP contribution in [0.3, 0.4) is 0 Å². The Balaban J connectivity index is 2.57. The van der Waals surface area contributed by atoms with E-state index in [1.807, 2.05) is 0 Å². The Morgan fingerprint density at radius 3 is 2.37 bits per heavy atom. The van der Waals surface area contributed by atoms with E-state index in [1.54, 1.807) is 18.2 Å². The number of aromatic hydroxyl groups is 1. The lowest BCUT2D eigenvalue weighted by Crippen LogP contribution is -1.96. The molecule has 0 spiro atoms. The average Bonchev–Trinajstić information content (AvgIpc) is 2.38. The van der Waals surface area contributed by atoms with Crippen LogP contribution in [0, 0.1) is 0 Å². The number of aldehydes is 1. The summed E-state index contributed by atoms with van der Waals surface area (Å²) in [5.41, 5.74) is 1.51. The van der Waals surface area contributed by atoms with Gasteiger partial charge in [0.05, 0.1) is 10.5 Å². The molecule has 0 aliphatic heterocycles. The highest BCUT2D eigenvalue weighted by Gasteiger charge is 2.09. The highest BCUT2D eigenvalue weighted by Crippen LogP contribution is 2.26. The van der Waals surface area contributed by atoms with Gasteiger partial charge in [0.15, 0.2) is 16.1 Å². The van der Waals surface area contributed by atoms with Gasteiger partial charge in [-0.05, 0) is 35.4 Å². The Labute approximate surface area is 111 Å². The summed E-state index contributed by atoms with van der Waals surface area (Å²) in [6.07, 6.45) is 1.69. The summed E-state index contributed by atoms with van der Waals surface area (Å²) in [6, 6.07) is 11.0. The molecule has 0 unspecified atom stereocenters. The number of hydrogen-bond donors (Lipinski definition) is 1. The molecule has 2 aromatic carbocycles. The third-order valence-corrected chi connectivity index (χ3v) is 3.86. The molecule has 0 aliphatic rings. The van der Waals surface area contributed by atoms with E-state index in [9.17, 15) is 18.3 Å². The Morgan fingerprint density at radius 1 is 1.05 bits per heavy atom. The van der Waals surface area contributed by atoms with Crippen molar-refractivity contribution in [2.45, 2.75) is 4.90 Å². The smallest absolute Gasteiger partial charge is 0.175 e. The monoisotopic (exact) mass is 276 g/mol. The van der Waals surface area contributed by atoms with Gasteiger partial charge in [0, 0.05) is 6.26 Å². The molecule has 98 valence electrons. The van der Waals surface area contributed by atoms with Gasteiger partial charge in [-0.15, -0.1) is 0 Å². The van der Waals surface area contributed by atoms with Crippen LogP contribution in [0.15, 0.2) is 47.4 Å². The van der Waals surface area contributed by atoms with Gasteiger partial charge in [-0.3, -0.25) is 4.79 Å². The Hall–Kier alpha value is -2.14. The first-order valence-corrected chi connectivity index (χ1v) is 7.39. The predicted molar refractivity (Wildman–Crippen MR) is 72.0 cm³/mol. The molecular formula is C14H12O4S. The minimum absolute atomic E-state index is 0.0991. The molecule has 0 fully saturated rings. The maximum atomic E-state index is 11.5. The highest BCUT2D eigenvalue weighted by atomic mass is 32.2. The van der Waals surface area contributed by atoms with Crippen LogP contribution in [0.25, 0.3) is 11.1 Å². The van der Waals surface area contributed by atoms with E-state index in [0.717, 1.165) is 6.26 Å². The molecule has 0 amide bonds. The van der Waals surface area contributed by atoms with E-state index in [0.29, 0.717) is 17.4 Å². The Bertz CT molecular complexity index is 733. The van der Waals surface area contributed by atoms with Crippen LogP contribution in [-0.2, 0) is 9.84 Å². The van der Waals surface area contributed by atoms with Crippen molar-refractivity contribution in [3.8, 4) is 16.9 Å². The quantitative estimate of drug-likeness (QED) is 0.873. The molecule has 0 heterocycles. The average molecular weight is 276 g/mol. The van der Waals surface area contributed by atoms with Gasteiger partial charge in [-0.2, -0.15) is 0 Å². The highest BCUT2D eigenvalue weighted by molar-refractivity contribution is 7.90. The van der Waals surface area contributed by atoms with Gasteiger partial charge in [-0.1, -0.05) is 18.2 Å². The summed E-state index contributed by atoms with van der Waals surface area (Å²) in [6.45, 7) is 0. The van der Waals surface area contributed by atoms with E-state index in [4.69, 9.17) is 0 Å². The van der Waals surface area contributed by atoms with E-state index in [2.05, 4.69) is 0 Å². The van der Waals surface area contributed by atoms with Gasteiger partial charge >= 0.3 is 0 Å². The second-order valence-electron chi connectivity index (χ2n) is 4.19. The van der Waals surface area contributed by atoms with Gasteiger partial charge in [0.2, 0.25) is 0 Å². The second kappa shape index (κ2) is 4.85. The number of rotatable bonds is 3. The number of hydrogen-bond acceptors (Lipinski definition) is 4. The van der Waals surface area contributed by atoms with E-state index >= 15 is 0 Å². The van der Waals surface area contributed by atoms with E-state index < -0.39 is 9.84 Å².